The van der Waals surface area contributed by atoms with Gasteiger partial charge in [-0.3, -0.25) is 0 Å². The van der Waals surface area contributed by atoms with Crippen LogP contribution in [-0.4, -0.2) is 4.98 Å². The maximum absolute atomic E-state index is 13.9. The SMILES string of the molecule is CCC(C)(C)c1c(F)ccc2[nH]ccc12. The fourth-order valence-corrected chi connectivity index (χ4v) is 1.97. The molecule has 0 bridgehead atoms. The summed E-state index contributed by atoms with van der Waals surface area (Å²) >= 11 is 0. The molecule has 0 radical (unpaired) electrons. The van der Waals surface area contributed by atoms with Gasteiger partial charge >= 0.3 is 0 Å². The van der Waals surface area contributed by atoms with Crippen LogP contribution in [0, 0.1) is 5.82 Å². The molecule has 0 aliphatic rings. The van der Waals surface area contributed by atoms with Crippen LogP contribution >= 0.6 is 0 Å². The number of aromatic amines is 1. The van der Waals surface area contributed by atoms with E-state index in [0.29, 0.717) is 0 Å². The predicted molar refractivity (Wildman–Crippen MR) is 61.6 cm³/mol. The van der Waals surface area contributed by atoms with Gasteiger partial charge in [0.05, 0.1) is 0 Å². The molecule has 15 heavy (non-hydrogen) atoms. The van der Waals surface area contributed by atoms with Crippen LogP contribution in [-0.2, 0) is 5.41 Å². The largest absolute Gasteiger partial charge is 0.361 e. The van der Waals surface area contributed by atoms with E-state index in [4.69, 9.17) is 0 Å². The summed E-state index contributed by atoms with van der Waals surface area (Å²) in [6.45, 7) is 6.25. The second-order valence-corrected chi connectivity index (χ2v) is 4.60. The van der Waals surface area contributed by atoms with Crippen LogP contribution < -0.4 is 0 Å². The van der Waals surface area contributed by atoms with Crippen molar-refractivity contribution >= 4 is 10.9 Å². The first-order valence-electron chi connectivity index (χ1n) is 5.32. The third-order valence-corrected chi connectivity index (χ3v) is 3.24. The van der Waals surface area contributed by atoms with Crippen molar-refractivity contribution < 1.29 is 4.39 Å². The number of rotatable bonds is 2. The van der Waals surface area contributed by atoms with Gasteiger partial charge in [-0.05, 0) is 30.0 Å². The Kier molecular flexibility index (Phi) is 2.29. The summed E-state index contributed by atoms with van der Waals surface area (Å²) in [7, 11) is 0. The van der Waals surface area contributed by atoms with Gasteiger partial charge in [-0.1, -0.05) is 20.8 Å². The summed E-state index contributed by atoms with van der Waals surface area (Å²) in [5.74, 6) is -0.103. The van der Waals surface area contributed by atoms with Crippen LogP contribution in [0.2, 0.25) is 0 Å². The maximum Gasteiger partial charge on any atom is 0.127 e. The molecule has 2 rings (SSSR count). The Labute approximate surface area is 89.3 Å². The lowest BCUT2D eigenvalue weighted by Gasteiger charge is -2.24. The highest BCUT2D eigenvalue weighted by atomic mass is 19.1. The summed E-state index contributed by atoms with van der Waals surface area (Å²) < 4.78 is 13.9. The maximum atomic E-state index is 13.9. The molecule has 2 aromatic rings. The van der Waals surface area contributed by atoms with E-state index in [0.717, 1.165) is 22.9 Å². The third-order valence-electron chi connectivity index (χ3n) is 3.24. The van der Waals surface area contributed by atoms with E-state index >= 15 is 0 Å². The molecule has 80 valence electrons. The average Bonchev–Trinajstić information content (AvgIpc) is 2.64. The highest BCUT2D eigenvalue weighted by Crippen LogP contribution is 2.34. The lowest BCUT2D eigenvalue weighted by Crippen LogP contribution is -2.17. The van der Waals surface area contributed by atoms with E-state index in [1.54, 1.807) is 12.1 Å². The van der Waals surface area contributed by atoms with Crippen LogP contribution in [0.4, 0.5) is 4.39 Å². The van der Waals surface area contributed by atoms with Crippen molar-refractivity contribution in [1.82, 2.24) is 4.98 Å². The van der Waals surface area contributed by atoms with Crippen molar-refractivity contribution in [2.24, 2.45) is 0 Å². The van der Waals surface area contributed by atoms with Crippen LogP contribution in [0.25, 0.3) is 10.9 Å². The molecule has 0 fully saturated rings. The summed E-state index contributed by atoms with van der Waals surface area (Å²) in [5, 5.41) is 1.00. The molecule has 2 heteroatoms. The molecule has 1 N–H and O–H groups in total. The van der Waals surface area contributed by atoms with Gasteiger partial charge in [0.2, 0.25) is 0 Å². The van der Waals surface area contributed by atoms with Crippen LogP contribution in [0.5, 0.6) is 0 Å². The predicted octanol–water partition coefficient (Wildman–Crippen LogP) is 3.99. The first-order valence-corrected chi connectivity index (χ1v) is 5.32. The molecule has 0 unspecified atom stereocenters. The highest BCUT2D eigenvalue weighted by molar-refractivity contribution is 5.84. The van der Waals surface area contributed by atoms with Gasteiger partial charge in [-0.2, -0.15) is 0 Å². The van der Waals surface area contributed by atoms with Crippen molar-refractivity contribution in [2.45, 2.75) is 32.6 Å². The van der Waals surface area contributed by atoms with Crippen molar-refractivity contribution in [2.75, 3.05) is 0 Å². The van der Waals surface area contributed by atoms with E-state index in [9.17, 15) is 4.39 Å². The summed E-state index contributed by atoms with van der Waals surface area (Å²) in [6, 6.07) is 5.29. The molecule has 0 amide bonds. The number of nitrogens with one attached hydrogen (secondary N) is 1. The van der Waals surface area contributed by atoms with E-state index < -0.39 is 0 Å². The second kappa shape index (κ2) is 3.37. The molecule has 1 nitrogen and oxygen atoms in total. The number of benzene rings is 1. The molecule has 0 aliphatic carbocycles. The summed E-state index contributed by atoms with van der Waals surface area (Å²) in [5.41, 5.74) is 1.71. The van der Waals surface area contributed by atoms with E-state index in [1.165, 1.54) is 0 Å². The molecule has 0 spiro atoms. The molecular formula is C13H16FN. The fourth-order valence-electron chi connectivity index (χ4n) is 1.97. The Morgan fingerprint density at radius 2 is 2.00 bits per heavy atom. The fraction of sp³-hybridized carbons (Fsp3) is 0.385. The topological polar surface area (TPSA) is 15.8 Å². The lowest BCUT2D eigenvalue weighted by atomic mass is 9.80. The van der Waals surface area contributed by atoms with Gasteiger partial charge in [0.25, 0.3) is 0 Å². The van der Waals surface area contributed by atoms with Crippen molar-refractivity contribution in [3.63, 3.8) is 0 Å². The minimum atomic E-state index is -0.119. The monoisotopic (exact) mass is 205 g/mol. The Morgan fingerprint density at radius 3 is 2.67 bits per heavy atom. The number of hydrogen-bond acceptors (Lipinski definition) is 0. The van der Waals surface area contributed by atoms with E-state index in [2.05, 4.69) is 25.8 Å². The van der Waals surface area contributed by atoms with Gasteiger partial charge in [-0.25, -0.2) is 4.39 Å². The molecule has 0 saturated heterocycles. The first-order chi connectivity index (χ1) is 7.06. The Balaban J connectivity index is 2.77. The highest BCUT2D eigenvalue weighted by Gasteiger charge is 2.24. The summed E-state index contributed by atoms with van der Waals surface area (Å²) in [4.78, 5) is 3.12. The van der Waals surface area contributed by atoms with Gasteiger partial charge in [0, 0.05) is 22.7 Å². The minimum Gasteiger partial charge on any atom is -0.361 e. The Hall–Kier alpha value is -1.31. The van der Waals surface area contributed by atoms with Gasteiger partial charge in [0.1, 0.15) is 5.82 Å². The molecule has 1 heterocycles. The zero-order chi connectivity index (χ0) is 11.1. The summed E-state index contributed by atoms with van der Waals surface area (Å²) in [6.07, 6.45) is 2.79. The lowest BCUT2D eigenvalue weighted by molar-refractivity contribution is 0.474. The van der Waals surface area contributed by atoms with E-state index in [-0.39, 0.29) is 11.2 Å². The molecule has 0 aliphatic heterocycles. The minimum absolute atomic E-state index is 0.103. The van der Waals surface area contributed by atoms with Crippen molar-refractivity contribution in [3.05, 3.63) is 35.8 Å². The van der Waals surface area contributed by atoms with Gasteiger partial charge in [0.15, 0.2) is 0 Å². The van der Waals surface area contributed by atoms with Crippen molar-refractivity contribution in [1.29, 1.82) is 0 Å². The molecule has 0 saturated carbocycles. The normalized spacial score (nSPS) is 12.3. The number of halogens is 1. The number of hydrogen-bond donors (Lipinski definition) is 1. The van der Waals surface area contributed by atoms with Crippen molar-refractivity contribution in [3.8, 4) is 0 Å². The molecule has 1 aromatic heterocycles. The Bertz CT molecular complexity index is 482. The molecule has 1 aromatic carbocycles. The zero-order valence-corrected chi connectivity index (χ0v) is 9.39. The van der Waals surface area contributed by atoms with Crippen LogP contribution in [0.1, 0.15) is 32.8 Å². The first kappa shape index (κ1) is 10.2. The Morgan fingerprint density at radius 1 is 1.27 bits per heavy atom. The quantitative estimate of drug-likeness (QED) is 0.762. The van der Waals surface area contributed by atoms with Crippen LogP contribution in [0.15, 0.2) is 24.4 Å². The second-order valence-electron chi connectivity index (χ2n) is 4.60. The average molecular weight is 205 g/mol. The standard InChI is InChI=1S/C13H16FN/c1-4-13(2,3)12-9-7-8-15-11(9)6-5-10(12)14/h5-8,15H,4H2,1-3H3. The number of fused-ring (bicyclic) bond motifs is 1. The van der Waals surface area contributed by atoms with E-state index in [1.807, 2.05) is 12.3 Å². The van der Waals surface area contributed by atoms with Gasteiger partial charge in [-0.15, -0.1) is 0 Å². The van der Waals surface area contributed by atoms with Gasteiger partial charge < -0.3 is 4.98 Å². The van der Waals surface area contributed by atoms with Crippen LogP contribution in [0.3, 0.4) is 0 Å². The zero-order valence-electron chi connectivity index (χ0n) is 9.39. The molecule has 0 atom stereocenters. The molecular weight excluding hydrogens is 189 g/mol. The number of aromatic nitrogens is 1. The number of H-pyrrole nitrogens is 1. The smallest absolute Gasteiger partial charge is 0.127 e. The third kappa shape index (κ3) is 1.54.